The van der Waals surface area contributed by atoms with E-state index in [4.69, 9.17) is 16.3 Å². The second-order valence-electron chi connectivity index (χ2n) is 10.7. The number of likely N-dealkylation sites (tertiary alicyclic amines) is 1. The van der Waals surface area contributed by atoms with Gasteiger partial charge in [0.25, 0.3) is 15.9 Å². The minimum atomic E-state index is -4.52. The van der Waals surface area contributed by atoms with Crippen molar-refractivity contribution in [3.05, 3.63) is 58.1 Å². The van der Waals surface area contributed by atoms with Crippen LogP contribution in [0.15, 0.2) is 46.7 Å². The topological polar surface area (TPSA) is 92.7 Å². The number of ketones is 1. The van der Waals surface area contributed by atoms with Gasteiger partial charge in [0.1, 0.15) is 10.8 Å². The van der Waals surface area contributed by atoms with Gasteiger partial charge in [0.15, 0.2) is 5.78 Å². The number of rotatable bonds is 11. The fourth-order valence-corrected chi connectivity index (χ4v) is 8.45. The molecule has 0 saturated carbocycles. The number of aryl methyl sites for hydroxylation is 1. The second kappa shape index (κ2) is 12.9. The number of hydrogen-bond acceptors (Lipinski definition) is 8. The van der Waals surface area contributed by atoms with Gasteiger partial charge in [-0.05, 0) is 62.7 Å². The first-order chi connectivity index (χ1) is 20.7. The highest BCUT2D eigenvalue weighted by molar-refractivity contribution is 7.91. The van der Waals surface area contributed by atoms with Crippen molar-refractivity contribution in [3.63, 3.8) is 0 Å². The number of sulfonamides is 1. The van der Waals surface area contributed by atoms with Crippen LogP contribution < -0.4 is 4.74 Å². The van der Waals surface area contributed by atoms with E-state index in [2.05, 4.69) is 14.9 Å². The number of halogens is 6. The van der Waals surface area contributed by atoms with Gasteiger partial charge in [-0.2, -0.15) is 22.5 Å². The average molecular weight is 679 g/mol. The quantitative estimate of drug-likeness (QED) is 0.232. The predicted molar refractivity (Wildman–Crippen MR) is 154 cm³/mol. The number of hydrogen-bond donors (Lipinski definition) is 0. The Kier molecular flexibility index (Phi) is 9.61. The number of ether oxygens (including phenoxy) is 1. The third-order valence-electron chi connectivity index (χ3n) is 7.44. The summed E-state index contributed by atoms with van der Waals surface area (Å²) in [5.41, 5.74) is 0.0442. The Bertz CT molecular complexity index is 1600. The lowest BCUT2D eigenvalue weighted by Gasteiger charge is -2.21. The van der Waals surface area contributed by atoms with E-state index in [1.807, 2.05) is 0 Å². The summed E-state index contributed by atoms with van der Waals surface area (Å²) in [6, 6.07) is 6.73. The third kappa shape index (κ3) is 7.73. The molecule has 4 heterocycles. The molecule has 0 N–H and O–H groups in total. The van der Waals surface area contributed by atoms with E-state index in [0.717, 1.165) is 38.1 Å². The third-order valence-corrected chi connectivity index (χ3v) is 11.0. The van der Waals surface area contributed by atoms with E-state index >= 15 is 0 Å². The van der Waals surface area contributed by atoms with Crippen molar-refractivity contribution in [2.45, 2.75) is 54.5 Å². The first kappa shape index (κ1) is 32.7. The van der Waals surface area contributed by atoms with Crippen LogP contribution in [0.5, 0.6) is 6.01 Å². The molecule has 16 heteroatoms. The van der Waals surface area contributed by atoms with Crippen molar-refractivity contribution in [1.29, 1.82) is 0 Å². The average Bonchev–Trinajstić information content (AvgIpc) is 3.72. The molecule has 44 heavy (non-hydrogen) atoms. The Morgan fingerprint density at radius 3 is 2.43 bits per heavy atom. The summed E-state index contributed by atoms with van der Waals surface area (Å²) >= 11 is 6.56. The first-order valence-corrected chi connectivity index (χ1v) is 16.4. The van der Waals surface area contributed by atoms with Crippen LogP contribution in [0.3, 0.4) is 0 Å². The second-order valence-corrected chi connectivity index (χ2v) is 14.5. The maximum atomic E-state index is 14.5. The maximum absolute atomic E-state index is 14.5. The van der Waals surface area contributed by atoms with Gasteiger partial charge in [0.2, 0.25) is 0 Å². The van der Waals surface area contributed by atoms with Crippen molar-refractivity contribution in [1.82, 2.24) is 19.2 Å². The summed E-state index contributed by atoms with van der Waals surface area (Å²) in [6.07, 6.45) is -3.70. The Morgan fingerprint density at radius 1 is 1.09 bits per heavy atom. The highest BCUT2D eigenvalue weighted by atomic mass is 35.5. The smallest absolute Gasteiger partial charge is 0.416 e. The van der Waals surface area contributed by atoms with Gasteiger partial charge in [-0.25, -0.2) is 22.2 Å². The van der Waals surface area contributed by atoms with E-state index < -0.39 is 52.5 Å². The lowest BCUT2D eigenvalue weighted by Crippen LogP contribution is -2.40. The molecule has 3 aromatic rings. The lowest BCUT2D eigenvalue weighted by molar-refractivity contribution is -0.137. The van der Waals surface area contributed by atoms with E-state index in [0.29, 0.717) is 27.8 Å². The zero-order valence-corrected chi connectivity index (χ0v) is 25.6. The summed E-state index contributed by atoms with van der Waals surface area (Å²) in [5, 5.41) is 0. The summed E-state index contributed by atoms with van der Waals surface area (Å²) in [6.45, 7) is 1.62. The molecule has 0 aliphatic carbocycles. The zero-order valence-electron chi connectivity index (χ0n) is 23.2. The summed E-state index contributed by atoms with van der Waals surface area (Å²) in [5.74, 6) is -4.13. The van der Waals surface area contributed by atoms with Crippen LogP contribution in [0.1, 0.15) is 36.9 Å². The molecule has 8 nitrogen and oxygen atoms in total. The molecule has 0 unspecified atom stereocenters. The molecular formula is C28H28ClF5N4O4S2. The van der Waals surface area contributed by atoms with Crippen LogP contribution in [0.2, 0.25) is 4.34 Å². The molecule has 2 aliphatic rings. The van der Waals surface area contributed by atoms with E-state index in [1.165, 1.54) is 30.3 Å². The number of aromatic nitrogens is 2. The van der Waals surface area contributed by atoms with E-state index in [1.54, 1.807) is 0 Å². The molecule has 1 atom stereocenters. The van der Waals surface area contributed by atoms with Crippen LogP contribution in [0.25, 0.3) is 11.3 Å². The van der Waals surface area contributed by atoms with Crippen molar-refractivity contribution < 1.29 is 39.9 Å². The number of Topliss-reactive ketones (excluding diaryl/α,β-unsaturated/α-hetero) is 1. The van der Waals surface area contributed by atoms with E-state index in [9.17, 15) is 35.2 Å². The fraction of sp³-hybridized carbons (Fsp3) is 0.464. The Morgan fingerprint density at radius 2 is 1.80 bits per heavy atom. The molecule has 2 saturated heterocycles. The highest BCUT2D eigenvalue weighted by Crippen LogP contribution is 2.39. The van der Waals surface area contributed by atoms with Gasteiger partial charge < -0.3 is 4.74 Å². The van der Waals surface area contributed by atoms with Crippen molar-refractivity contribution in [2.24, 2.45) is 0 Å². The number of alkyl halides is 5. The molecule has 0 radical (unpaired) electrons. The minimum Gasteiger partial charge on any atom is -0.462 e. The molecule has 2 fully saturated rings. The van der Waals surface area contributed by atoms with Crippen LogP contribution in [0.4, 0.5) is 22.0 Å². The molecule has 0 spiro atoms. The van der Waals surface area contributed by atoms with Gasteiger partial charge in [-0.15, -0.1) is 11.3 Å². The summed E-state index contributed by atoms with van der Waals surface area (Å²) in [7, 11) is -4.41. The Hall–Kier alpha value is -2.72. The number of thiophene rings is 1. The van der Waals surface area contributed by atoms with Crippen molar-refractivity contribution >= 4 is 38.7 Å². The SMILES string of the molecule is O=C(CCc1cc(-c2ccc(C(F)(F)F)cc2)nc(OCCN2CCCC2)n1)[C@@H]1CC(F)(F)CN1S(=O)(=O)c1ccc(Cl)s1. The Labute approximate surface area is 259 Å². The number of benzene rings is 1. The summed E-state index contributed by atoms with van der Waals surface area (Å²) < 4.78 is 101. The fourth-order valence-electron chi connectivity index (χ4n) is 5.20. The van der Waals surface area contributed by atoms with Crippen LogP contribution in [-0.2, 0) is 27.4 Å². The molecule has 1 aromatic carbocycles. The monoisotopic (exact) mass is 678 g/mol. The summed E-state index contributed by atoms with van der Waals surface area (Å²) in [4.78, 5) is 24.1. The Balaban J connectivity index is 1.35. The standard InChI is InChI=1S/C28H28ClF5N4O4S2/c29-24-9-10-25(43-24)44(40,41)38-17-27(30,31)16-22(38)23(39)8-7-20-15-21(18-3-5-19(6-4-18)28(32,33)34)36-26(35-20)42-14-13-37-11-1-2-12-37/h3-6,9-10,15,22H,1-2,7-8,11-14,16-17H2/t22-/m0/s1. The zero-order chi connectivity index (χ0) is 31.7. The molecule has 0 bridgehead atoms. The minimum absolute atomic E-state index is 0.0461. The molecule has 2 aromatic heterocycles. The maximum Gasteiger partial charge on any atom is 0.416 e. The molecule has 5 rings (SSSR count). The number of carbonyl (C=O) groups is 1. The van der Waals surface area contributed by atoms with Gasteiger partial charge in [0, 0.05) is 30.6 Å². The highest BCUT2D eigenvalue weighted by Gasteiger charge is 2.52. The van der Waals surface area contributed by atoms with Gasteiger partial charge in [-0.1, -0.05) is 23.7 Å². The molecule has 0 amide bonds. The van der Waals surface area contributed by atoms with Gasteiger partial charge in [0.05, 0.1) is 28.2 Å². The number of carbonyl (C=O) groups excluding carboxylic acids is 1. The van der Waals surface area contributed by atoms with E-state index in [-0.39, 0.29) is 45.4 Å². The largest absolute Gasteiger partial charge is 0.462 e. The van der Waals surface area contributed by atoms with Crippen molar-refractivity contribution in [3.8, 4) is 17.3 Å². The predicted octanol–water partition coefficient (Wildman–Crippen LogP) is 5.95. The lowest BCUT2D eigenvalue weighted by atomic mass is 10.0. The van der Waals surface area contributed by atoms with Crippen LogP contribution >= 0.6 is 22.9 Å². The van der Waals surface area contributed by atoms with Crippen LogP contribution in [-0.4, -0.2) is 78.1 Å². The number of nitrogens with zero attached hydrogens (tertiary/aromatic N) is 4. The molecule has 2 aliphatic heterocycles. The van der Waals surface area contributed by atoms with Crippen molar-refractivity contribution in [2.75, 3.05) is 32.8 Å². The first-order valence-electron chi connectivity index (χ1n) is 13.8. The van der Waals surface area contributed by atoms with Gasteiger partial charge in [-0.3, -0.25) is 9.69 Å². The van der Waals surface area contributed by atoms with Crippen LogP contribution in [0, 0.1) is 0 Å². The molecule has 238 valence electrons. The normalized spacial score (nSPS) is 19.5. The molecular weight excluding hydrogens is 651 g/mol. The van der Waals surface area contributed by atoms with Gasteiger partial charge >= 0.3 is 12.2 Å².